The smallest absolute Gasteiger partial charge is 0.138 e. The lowest BCUT2D eigenvalue weighted by atomic mass is 10.3. The van der Waals surface area contributed by atoms with Crippen LogP contribution in [0.5, 0.6) is 0 Å². The van der Waals surface area contributed by atoms with Gasteiger partial charge in [-0.05, 0) is 24.3 Å². The molecule has 1 aromatic rings. The molecule has 0 radical (unpaired) electrons. The quantitative estimate of drug-likeness (QED) is 0.547. The number of hydrogen-bond donors (Lipinski definition) is 0. The van der Waals surface area contributed by atoms with Crippen molar-refractivity contribution in [2.45, 2.75) is 18.2 Å². The Morgan fingerprint density at radius 2 is 2.08 bits per heavy atom. The zero-order chi connectivity index (χ0) is 9.84. The van der Waals surface area contributed by atoms with Crippen LogP contribution in [-0.2, 0) is 0 Å². The summed E-state index contributed by atoms with van der Waals surface area (Å²) in [6.45, 7) is 2.03. The van der Waals surface area contributed by atoms with Crippen LogP contribution < -0.4 is 0 Å². The Kier molecular flexibility index (Phi) is 4.36. The van der Waals surface area contributed by atoms with E-state index in [0.717, 1.165) is 12.2 Å². The molecule has 1 rings (SSSR count). The standard InChI is InChI=1S/C9H9Cl2FS/c1-2-5-13-9-7(12)4-3-6(10)8(9)11/h3-4H,2,5H2,1H3. The Morgan fingerprint density at radius 3 is 2.69 bits per heavy atom. The molecule has 0 fully saturated rings. The molecule has 0 heterocycles. The normalized spacial score (nSPS) is 10.5. The van der Waals surface area contributed by atoms with Gasteiger partial charge in [-0.1, -0.05) is 30.1 Å². The summed E-state index contributed by atoms with van der Waals surface area (Å²) in [5.41, 5.74) is 0. The molecule has 0 N–H and O–H groups in total. The number of rotatable bonds is 3. The molecule has 0 saturated heterocycles. The first-order valence-corrected chi connectivity index (χ1v) is 5.67. The lowest BCUT2D eigenvalue weighted by Gasteiger charge is -2.05. The number of halogens is 3. The van der Waals surface area contributed by atoms with Crippen molar-refractivity contribution in [3.63, 3.8) is 0 Å². The van der Waals surface area contributed by atoms with Crippen LogP contribution >= 0.6 is 35.0 Å². The Morgan fingerprint density at radius 1 is 1.38 bits per heavy atom. The molecule has 4 heteroatoms. The highest BCUT2D eigenvalue weighted by atomic mass is 35.5. The lowest BCUT2D eigenvalue weighted by molar-refractivity contribution is 0.602. The molecular formula is C9H9Cl2FS. The third kappa shape index (κ3) is 2.76. The molecule has 0 aliphatic carbocycles. The van der Waals surface area contributed by atoms with Gasteiger partial charge >= 0.3 is 0 Å². The van der Waals surface area contributed by atoms with Crippen LogP contribution in [0, 0.1) is 5.82 Å². The maximum Gasteiger partial charge on any atom is 0.138 e. The van der Waals surface area contributed by atoms with Crippen LogP contribution in [0.3, 0.4) is 0 Å². The Balaban J connectivity index is 2.96. The maximum absolute atomic E-state index is 13.2. The summed E-state index contributed by atoms with van der Waals surface area (Å²) in [7, 11) is 0. The van der Waals surface area contributed by atoms with Gasteiger partial charge in [-0.25, -0.2) is 4.39 Å². The van der Waals surface area contributed by atoms with E-state index in [9.17, 15) is 4.39 Å². The van der Waals surface area contributed by atoms with Gasteiger partial charge in [0.15, 0.2) is 0 Å². The minimum atomic E-state index is -0.298. The summed E-state index contributed by atoms with van der Waals surface area (Å²) in [6, 6.07) is 2.81. The van der Waals surface area contributed by atoms with Crippen molar-refractivity contribution in [1.29, 1.82) is 0 Å². The van der Waals surface area contributed by atoms with E-state index in [1.165, 1.54) is 23.9 Å². The SMILES string of the molecule is CCCSc1c(F)ccc(Cl)c1Cl. The van der Waals surface area contributed by atoms with E-state index in [2.05, 4.69) is 0 Å². The number of hydrogen-bond acceptors (Lipinski definition) is 1. The zero-order valence-corrected chi connectivity index (χ0v) is 9.44. The highest BCUT2D eigenvalue weighted by molar-refractivity contribution is 7.99. The minimum Gasteiger partial charge on any atom is -0.206 e. The molecular weight excluding hydrogens is 230 g/mol. The molecule has 0 aliphatic rings. The maximum atomic E-state index is 13.2. The first-order valence-electron chi connectivity index (χ1n) is 3.93. The van der Waals surface area contributed by atoms with E-state index in [0.29, 0.717) is 14.9 Å². The largest absolute Gasteiger partial charge is 0.206 e. The van der Waals surface area contributed by atoms with Crippen LogP contribution in [0.2, 0.25) is 10.0 Å². The lowest BCUT2D eigenvalue weighted by Crippen LogP contribution is -1.85. The van der Waals surface area contributed by atoms with Crippen molar-refractivity contribution in [3.05, 3.63) is 28.0 Å². The van der Waals surface area contributed by atoms with Crippen LogP contribution in [0.1, 0.15) is 13.3 Å². The summed E-state index contributed by atoms with van der Waals surface area (Å²) < 4.78 is 13.2. The fraction of sp³-hybridized carbons (Fsp3) is 0.333. The molecule has 0 bridgehead atoms. The van der Waals surface area contributed by atoms with Gasteiger partial charge in [-0.3, -0.25) is 0 Å². The van der Waals surface area contributed by atoms with Crippen molar-refractivity contribution >= 4 is 35.0 Å². The fourth-order valence-electron chi connectivity index (χ4n) is 0.845. The second-order valence-electron chi connectivity index (χ2n) is 2.52. The van der Waals surface area contributed by atoms with E-state index in [1.807, 2.05) is 6.92 Å². The molecule has 1 aromatic carbocycles. The molecule has 0 amide bonds. The van der Waals surface area contributed by atoms with Crippen molar-refractivity contribution in [3.8, 4) is 0 Å². The predicted molar refractivity (Wildman–Crippen MR) is 57.4 cm³/mol. The third-order valence-corrected chi connectivity index (χ3v) is 3.67. The molecule has 0 atom stereocenters. The average molecular weight is 239 g/mol. The topological polar surface area (TPSA) is 0 Å². The van der Waals surface area contributed by atoms with E-state index in [-0.39, 0.29) is 5.82 Å². The van der Waals surface area contributed by atoms with Crippen LogP contribution in [0.25, 0.3) is 0 Å². The molecule has 0 aliphatic heterocycles. The van der Waals surface area contributed by atoms with Crippen LogP contribution in [-0.4, -0.2) is 5.75 Å². The van der Waals surface area contributed by atoms with Crippen molar-refractivity contribution in [2.75, 3.05) is 5.75 Å². The summed E-state index contributed by atoms with van der Waals surface area (Å²) in [5.74, 6) is 0.546. The Hall–Kier alpha value is 0.0800. The zero-order valence-electron chi connectivity index (χ0n) is 7.11. The van der Waals surface area contributed by atoms with Gasteiger partial charge in [-0.15, -0.1) is 11.8 Å². The van der Waals surface area contributed by atoms with Gasteiger partial charge in [-0.2, -0.15) is 0 Å². The second kappa shape index (κ2) is 5.08. The Labute approximate surface area is 91.4 Å². The van der Waals surface area contributed by atoms with Crippen LogP contribution in [0.4, 0.5) is 4.39 Å². The van der Waals surface area contributed by atoms with Gasteiger partial charge in [0.1, 0.15) is 5.82 Å². The van der Waals surface area contributed by atoms with Gasteiger partial charge in [0.2, 0.25) is 0 Å². The van der Waals surface area contributed by atoms with Crippen LogP contribution in [0.15, 0.2) is 17.0 Å². The highest BCUT2D eigenvalue weighted by Gasteiger charge is 2.10. The number of benzene rings is 1. The van der Waals surface area contributed by atoms with Gasteiger partial charge in [0.25, 0.3) is 0 Å². The Bertz CT molecular complexity index is 302. The van der Waals surface area contributed by atoms with Crippen molar-refractivity contribution in [2.24, 2.45) is 0 Å². The second-order valence-corrected chi connectivity index (χ2v) is 4.41. The summed E-state index contributed by atoms with van der Waals surface area (Å²) in [4.78, 5) is 0.455. The third-order valence-electron chi connectivity index (χ3n) is 1.45. The van der Waals surface area contributed by atoms with Gasteiger partial charge < -0.3 is 0 Å². The van der Waals surface area contributed by atoms with E-state index >= 15 is 0 Å². The van der Waals surface area contributed by atoms with Gasteiger partial charge in [0, 0.05) is 0 Å². The molecule has 72 valence electrons. The molecule has 0 saturated carbocycles. The average Bonchev–Trinajstić information content (AvgIpc) is 2.12. The molecule has 0 nitrogen and oxygen atoms in total. The monoisotopic (exact) mass is 238 g/mol. The molecule has 0 aromatic heterocycles. The summed E-state index contributed by atoms with van der Waals surface area (Å²) in [5, 5.41) is 0.724. The molecule has 13 heavy (non-hydrogen) atoms. The first kappa shape index (κ1) is 11.2. The first-order chi connectivity index (χ1) is 6.16. The minimum absolute atomic E-state index is 0.298. The van der Waals surface area contributed by atoms with Crippen molar-refractivity contribution in [1.82, 2.24) is 0 Å². The summed E-state index contributed by atoms with van der Waals surface area (Å²) in [6.07, 6.45) is 0.979. The molecule has 0 unspecified atom stereocenters. The highest BCUT2D eigenvalue weighted by Crippen LogP contribution is 2.35. The number of thioether (sulfide) groups is 1. The summed E-state index contributed by atoms with van der Waals surface area (Å²) >= 11 is 13.0. The van der Waals surface area contributed by atoms with E-state index in [1.54, 1.807) is 0 Å². The molecule has 0 spiro atoms. The van der Waals surface area contributed by atoms with Crippen molar-refractivity contribution < 1.29 is 4.39 Å². The van der Waals surface area contributed by atoms with Gasteiger partial charge in [0.05, 0.1) is 14.9 Å². The predicted octanol–water partition coefficient (Wildman–Crippen LogP) is 4.63. The fourth-order valence-corrected chi connectivity index (χ4v) is 2.23. The van der Waals surface area contributed by atoms with E-state index < -0.39 is 0 Å². The van der Waals surface area contributed by atoms with E-state index in [4.69, 9.17) is 23.2 Å².